The molecule has 1 N–H and O–H groups in total. The van der Waals surface area contributed by atoms with Crippen molar-refractivity contribution in [3.63, 3.8) is 0 Å². The lowest BCUT2D eigenvalue weighted by Gasteiger charge is -2.24. The summed E-state index contributed by atoms with van der Waals surface area (Å²) in [6.07, 6.45) is 3.32. The number of likely N-dealkylation sites (tertiary alicyclic amines) is 1. The van der Waals surface area contributed by atoms with Crippen LogP contribution in [0.15, 0.2) is 36.5 Å². The molecule has 1 aliphatic rings. The number of carbonyl (C=O) groups excluding carboxylic acids is 2. The fourth-order valence-electron chi connectivity index (χ4n) is 2.92. The molecule has 1 aromatic heterocycles. The number of Topliss-reactive ketones (excluding diaryl/α,β-unsaturated/α-hetero) is 1. The van der Waals surface area contributed by atoms with Crippen LogP contribution in [-0.2, 0) is 0 Å². The first-order chi connectivity index (χ1) is 10.6. The van der Waals surface area contributed by atoms with E-state index >= 15 is 0 Å². The van der Waals surface area contributed by atoms with E-state index in [0.29, 0.717) is 17.8 Å². The molecule has 1 saturated heterocycles. The van der Waals surface area contributed by atoms with Gasteiger partial charge in [0, 0.05) is 18.3 Å². The van der Waals surface area contributed by atoms with Gasteiger partial charge in [-0.2, -0.15) is 0 Å². The molecule has 4 nitrogen and oxygen atoms in total. The SMILES string of the molecule is CC(=O)c1c[nH]c(C(=O)N2CCCC2c2ccc(F)cc2)c1. The molecule has 2 heterocycles. The van der Waals surface area contributed by atoms with Gasteiger partial charge in [0.1, 0.15) is 11.5 Å². The Kier molecular flexibility index (Phi) is 3.79. The molecule has 22 heavy (non-hydrogen) atoms. The van der Waals surface area contributed by atoms with E-state index in [0.717, 1.165) is 18.4 Å². The lowest BCUT2D eigenvalue weighted by Crippen LogP contribution is -2.30. The normalized spacial score (nSPS) is 17.7. The molecule has 3 rings (SSSR count). The van der Waals surface area contributed by atoms with Crippen molar-refractivity contribution in [2.45, 2.75) is 25.8 Å². The number of carbonyl (C=O) groups is 2. The highest BCUT2D eigenvalue weighted by Crippen LogP contribution is 2.33. The number of benzene rings is 1. The van der Waals surface area contributed by atoms with Gasteiger partial charge in [0.05, 0.1) is 6.04 Å². The van der Waals surface area contributed by atoms with E-state index in [4.69, 9.17) is 0 Å². The zero-order valence-electron chi connectivity index (χ0n) is 12.3. The number of hydrogen-bond acceptors (Lipinski definition) is 2. The lowest BCUT2D eigenvalue weighted by molar-refractivity contribution is 0.0730. The fourth-order valence-corrected chi connectivity index (χ4v) is 2.92. The maximum atomic E-state index is 13.1. The minimum Gasteiger partial charge on any atom is -0.356 e. The molecular weight excluding hydrogens is 283 g/mol. The van der Waals surface area contributed by atoms with Gasteiger partial charge in [0.15, 0.2) is 5.78 Å². The summed E-state index contributed by atoms with van der Waals surface area (Å²) >= 11 is 0. The third kappa shape index (κ3) is 2.66. The summed E-state index contributed by atoms with van der Waals surface area (Å²) in [5.74, 6) is -0.485. The molecule has 1 atom stereocenters. The summed E-state index contributed by atoms with van der Waals surface area (Å²) in [5.41, 5.74) is 1.85. The van der Waals surface area contributed by atoms with Crippen LogP contribution in [0.4, 0.5) is 4.39 Å². The number of ketones is 1. The Morgan fingerprint density at radius 1 is 1.27 bits per heavy atom. The van der Waals surface area contributed by atoms with Gasteiger partial charge < -0.3 is 9.88 Å². The van der Waals surface area contributed by atoms with E-state index in [-0.39, 0.29) is 23.5 Å². The second-order valence-corrected chi connectivity index (χ2v) is 5.57. The van der Waals surface area contributed by atoms with Crippen LogP contribution in [0.2, 0.25) is 0 Å². The van der Waals surface area contributed by atoms with Crippen molar-refractivity contribution in [2.75, 3.05) is 6.54 Å². The highest BCUT2D eigenvalue weighted by atomic mass is 19.1. The summed E-state index contributed by atoms with van der Waals surface area (Å²) in [5, 5.41) is 0. The Balaban J connectivity index is 1.84. The van der Waals surface area contributed by atoms with Crippen molar-refractivity contribution in [3.8, 4) is 0 Å². The molecule has 2 aromatic rings. The van der Waals surface area contributed by atoms with Crippen molar-refractivity contribution in [3.05, 3.63) is 59.2 Å². The Labute approximate surface area is 127 Å². The molecule has 0 radical (unpaired) electrons. The minimum atomic E-state index is -0.282. The van der Waals surface area contributed by atoms with Crippen LogP contribution in [0, 0.1) is 5.82 Å². The van der Waals surface area contributed by atoms with Crippen molar-refractivity contribution in [1.29, 1.82) is 0 Å². The van der Waals surface area contributed by atoms with Gasteiger partial charge in [0.2, 0.25) is 0 Å². The molecule has 1 aliphatic heterocycles. The smallest absolute Gasteiger partial charge is 0.270 e. The Bertz CT molecular complexity index is 706. The van der Waals surface area contributed by atoms with E-state index in [1.807, 2.05) is 0 Å². The number of H-pyrrole nitrogens is 1. The maximum absolute atomic E-state index is 13.1. The number of nitrogens with zero attached hydrogens (tertiary/aromatic N) is 1. The number of aromatic nitrogens is 1. The fraction of sp³-hybridized carbons (Fsp3) is 0.294. The van der Waals surface area contributed by atoms with Gasteiger partial charge in [0.25, 0.3) is 5.91 Å². The van der Waals surface area contributed by atoms with Gasteiger partial charge in [-0.25, -0.2) is 4.39 Å². The third-order valence-electron chi connectivity index (χ3n) is 4.09. The predicted molar refractivity (Wildman–Crippen MR) is 80.2 cm³/mol. The summed E-state index contributed by atoms with van der Waals surface area (Å²) in [6, 6.07) is 7.82. The van der Waals surface area contributed by atoms with Crippen molar-refractivity contribution >= 4 is 11.7 Å². The van der Waals surface area contributed by atoms with E-state index in [1.54, 1.807) is 29.3 Å². The summed E-state index contributed by atoms with van der Waals surface area (Å²) in [4.78, 5) is 28.6. The Morgan fingerprint density at radius 3 is 2.64 bits per heavy atom. The molecule has 0 aliphatic carbocycles. The molecule has 0 saturated carbocycles. The van der Waals surface area contributed by atoms with Crippen LogP contribution in [0.25, 0.3) is 0 Å². The van der Waals surface area contributed by atoms with Crippen LogP contribution in [0.1, 0.15) is 52.2 Å². The van der Waals surface area contributed by atoms with Gasteiger partial charge in [-0.05, 0) is 43.5 Å². The van der Waals surface area contributed by atoms with Gasteiger partial charge in [-0.1, -0.05) is 12.1 Å². The first-order valence-corrected chi connectivity index (χ1v) is 7.32. The molecule has 5 heteroatoms. The molecule has 1 amide bonds. The maximum Gasteiger partial charge on any atom is 0.270 e. The molecule has 114 valence electrons. The predicted octanol–water partition coefficient (Wildman–Crippen LogP) is 3.33. The van der Waals surface area contributed by atoms with Crippen molar-refractivity contribution in [2.24, 2.45) is 0 Å². The first kappa shape index (κ1) is 14.5. The second-order valence-electron chi connectivity index (χ2n) is 5.57. The highest BCUT2D eigenvalue weighted by Gasteiger charge is 2.31. The number of rotatable bonds is 3. The quantitative estimate of drug-likeness (QED) is 0.884. The molecule has 1 unspecified atom stereocenters. The van der Waals surface area contributed by atoms with Crippen molar-refractivity contribution < 1.29 is 14.0 Å². The third-order valence-corrected chi connectivity index (χ3v) is 4.09. The van der Waals surface area contributed by atoms with Crippen LogP contribution in [0.3, 0.4) is 0 Å². The standard InChI is InChI=1S/C17H17FN2O2/c1-11(21)13-9-15(19-10-13)17(22)20-8-2-3-16(20)12-4-6-14(18)7-5-12/h4-7,9-10,16,19H,2-3,8H2,1H3. The van der Waals surface area contributed by atoms with Gasteiger partial charge in [-0.15, -0.1) is 0 Å². The van der Waals surface area contributed by atoms with Crippen molar-refractivity contribution in [1.82, 2.24) is 9.88 Å². The number of halogens is 1. The molecule has 1 aromatic carbocycles. The highest BCUT2D eigenvalue weighted by molar-refractivity contribution is 5.99. The Morgan fingerprint density at radius 2 is 2.00 bits per heavy atom. The van der Waals surface area contributed by atoms with E-state index in [2.05, 4.69) is 4.98 Å². The zero-order valence-corrected chi connectivity index (χ0v) is 12.3. The monoisotopic (exact) mass is 300 g/mol. The molecule has 0 spiro atoms. The molecule has 1 fully saturated rings. The summed E-state index contributed by atoms with van der Waals surface area (Å²) in [7, 11) is 0. The minimum absolute atomic E-state index is 0.0443. The average molecular weight is 300 g/mol. The number of amides is 1. The second kappa shape index (κ2) is 5.75. The van der Waals surface area contributed by atoms with E-state index in [9.17, 15) is 14.0 Å². The van der Waals surface area contributed by atoms with E-state index < -0.39 is 0 Å². The molecule has 0 bridgehead atoms. The van der Waals surface area contributed by atoms with Crippen LogP contribution < -0.4 is 0 Å². The summed E-state index contributed by atoms with van der Waals surface area (Å²) < 4.78 is 13.1. The van der Waals surface area contributed by atoms with Crippen LogP contribution in [0.5, 0.6) is 0 Å². The largest absolute Gasteiger partial charge is 0.356 e. The van der Waals surface area contributed by atoms with Gasteiger partial charge in [-0.3, -0.25) is 9.59 Å². The van der Waals surface area contributed by atoms with Crippen LogP contribution >= 0.6 is 0 Å². The first-order valence-electron chi connectivity index (χ1n) is 7.32. The summed E-state index contributed by atoms with van der Waals surface area (Å²) in [6.45, 7) is 2.13. The van der Waals surface area contributed by atoms with Gasteiger partial charge >= 0.3 is 0 Å². The Hall–Kier alpha value is -2.43. The molecular formula is C17H17FN2O2. The zero-order chi connectivity index (χ0) is 15.7. The van der Waals surface area contributed by atoms with E-state index in [1.165, 1.54) is 19.1 Å². The average Bonchev–Trinajstić information content (AvgIpc) is 3.17. The van der Waals surface area contributed by atoms with Crippen LogP contribution in [-0.4, -0.2) is 28.1 Å². The number of hydrogen-bond donors (Lipinski definition) is 1. The topological polar surface area (TPSA) is 53.2 Å². The lowest BCUT2D eigenvalue weighted by atomic mass is 10.0. The number of nitrogens with one attached hydrogen (secondary N) is 1. The number of aromatic amines is 1.